The first kappa shape index (κ1) is 24.5. The summed E-state index contributed by atoms with van der Waals surface area (Å²) in [7, 11) is 1.64. The number of ether oxygens (including phenoxy) is 2. The fourth-order valence-corrected chi connectivity index (χ4v) is 5.22. The lowest BCUT2D eigenvalue weighted by Gasteiger charge is -2.29. The molecule has 194 valence electrons. The Balaban J connectivity index is 1.36. The number of phenols is 1. The highest BCUT2D eigenvalue weighted by Crippen LogP contribution is 2.42. The van der Waals surface area contributed by atoms with E-state index < -0.39 is 0 Å². The van der Waals surface area contributed by atoms with Crippen LogP contribution in [-0.2, 0) is 0 Å². The zero-order chi connectivity index (χ0) is 26.8. The third-order valence-electron chi connectivity index (χ3n) is 6.72. The third-order valence-corrected chi connectivity index (χ3v) is 7.03. The smallest absolute Gasteiger partial charge is 0.174 e. The second kappa shape index (κ2) is 10.5. The lowest BCUT2D eigenvalue weighted by molar-refractivity contribution is 0.413. The Bertz CT molecular complexity index is 1570. The van der Waals surface area contributed by atoms with Crippen molar-refractivity contribution in [2.75, 3.05) is 12.0 Å². The van der Waals surface area contributed by atoms with Gasteiger partial charge in [-0.05, 0) is 109 Å². The molecule has 1 saturated heterocycles. The molecule has 0 saturated carbocycles. The Labute approximate surface area is 231 Å². The van der Waals surface area contributed by atoms with Crippen LogP contribution in [0.25, 0.3) is 5.69 Å². The van der Waals surface area contributed by atoms with Gasteiger partial charge in [0.05, 0.1) is 18.8 Å². The minimum absolute atomic E-state index is 0.181. The Kier molecular flexibility index (Phi) is 6.61. The van der Waals surface area contributed by atoms with Crippen molar-refractivity contribution in [3.63, 3.8) is 0 Å². The lowest BCUT2D eigenvalue weighted by Crippen LogP contribution is -2.30. The average molecular weight is 535 g/mol. The lowest BCUT2D eigenvalue weighted by atomic mass is 10.0. The van der Waals surface area contributed by atoms with Crippen LogP contribution < -0.4 is 19.7 Å². The largest absolute Gasteiger partial charge is 0.508 e. The molecule has 6 rings (SSSR count). The summed E-state index contributed by atoms with van der Waals surface area (Å²) in [5, 5.41) is 13.9. The van der Waals surface area contributed by atoms with Gasteiger partial charge in [-0.2, -0.15) is 0 Å². The van der Waals surface area contributed by atoms with E-state index in [1.165, 1.54) is 0 Å². The van der Waals surface area contributed by atoms with Crippen molar-refractivity contribution in [3.05, 3.63) is 127 Å². The number of methoxy groups -OCH3 is 1. The van der Waals surface area contributed by atoms with E-state index in [1.54, 1.807) is 25.4 Å². The molecule has 7 nitrogen and oxygen atoms in total. The summed E-state index contributed by atoms with van der Waals surface area (Å²) >= 11 is 5.89. The van der Waals surface area contributed by atoms with Crippen LogP contribution in [0.1, 0.15) is 23.5 Å². The van der Waals surface area contributed by atoms with Crippen LogP contribution in [0.2, 0.25) is 0 Å². The van der Waals surface area contributed by atoms with E-state index in [2.05, 4.69) is 25.8 Å². The van der Waals surface area contributed by atoms with Crippen molar-refractivity contribution >= 4 is 23.0 Å². The molecule has 0 amide bonds. The predicted octanol–water partition coefficient (Wildman–Crippen LogP) is 6.56. The molecule has 1 aliphatic rings. The van der Waals surface area contributed by atoms with Crippen LogP contribution in [0.15, 0.2) is 116 Å². The molecule has 2 aromatic heterocycles. The van der Waals surface area contributed by atoms with E-state index in [0.29, 0.717) is 10.9 Å². The average Bonchev–Trinajstić information content (AvgIpc) is 3.59. The maximum Gasteiger partial charge on any atom is 0.174 e. The van der Waals surface area contributed by atoms with E-state index in [-0.39, 0.29) is 17.8 Å². The highest BCUT2D eigenvalue weighted by Gasteiger charge is 2.42. The number of pyridine rings is 1. The monoisotopic (exact) mass is 534 g/mol. The molecule has 8 heteroatoms. The number of hydrogen-bond acceptors (Lipinski definition) is 5. The molecular formula is C31H26N4O3S. The molecule has 1 aliphatic heterocycles. The molecule has 2 N–H and O–H groups in total. The molecule has 1 fully saturated rings. The Morgan fingerprint density at radius 2 is 1.46 bits per heavy atom. The summed E-state index contributed by atoms with van der Waals surface area (Å²) in [5.41, 5.74) is 3.79. The highest BCUT2D eigenvalue weighted by molar-refractivity contribution is 7.80. The van der Waals surface area contributed by atoms with Gasteiger partial charge in [0.25, 0.3) is 0 Å². The zero-order valence-corrected chi connectivity index (χ0v) is 22.0. The van der Waals surface area contributed by atoms with E-state index >= 15 is 0 Å². The molecule has 3 aromatic carbocycles. The molecule has 0 bridgehead atoms. The number of benzene rings is 3. The second-order valence-electron chi connectivity index (χ2n) is 9.09. The van der Waals surface area contributed by atoms with Crippen LogP contribution >= 0.6 is 12.2 Å². The number of thiocarbonyl (C=S) groups is 1. The van der Waals surface area contributed by atoms with Crippen LogP contribution in [0.4, 0.5) is 5.69 Å². The van der Waals surface area contributed by atoms with Crippen molar-refractivity contribution < 1.29 is 14.6 Å². The number of anilines is 1. The van der Waals surface area contributed by atoms with E-state index in [4.69, 9.17) is 21.7 Å². The van der Waals surface area contributed by atoms with Gasteiger partial charge in [0.2, 0.25) is 0 Å². The third kappa shape index (κ3) is 4.89. The normalized spacial score (nSPS) is 16.6. The van der Waals surface area contributed by atoms with Crippen molar-refractivity contribution in [2.24, 2.45) is 0 Å². The van der Waals surface area contributed by atoms with Gasteiger partial charge in [-0.15, -0.1) is 0 Å². The molecule has 2 atom stereocenters. The number of phenolic OH excluding ortho intramolecular Hbond substituents is 1. The van der Waals surface area contributed by atoms with Gasteiger partial charge in [-0.25, -0.2) is 0 Å². The Morgan fingerprint density at radius 1 is 0.795 bits per heavy atom. The van der Waals surface area contributed by atoms with Crippen LogP contribution in [0, 0.1) is 0 Å². The van der Waals surface area contributed by atoms with Gasteiger partial charge in [-0.1, -0.05) is 6.07 Å². The maximum atomic E-state index is 9.82. The number of nitrogens with one attached hydrogen (secondary N) is 1. The van der Waals surface area contributed by atoms with Gasteiger partial charge in [0.1, 0.15) is 29.0 Å². The fourth-order valence-electron chi connectivity index (χ4n) is 4.87. The second-order valence-corrected chi connectivity index (χ2v) is 9.47. The molecule has 0 aliphatic carbocycles. The van der Waals surface area contributed by atoms with E-state index in [9.17, 15) is 5.11 Å². The summed E-state index contributed by atoms with van der Waals surface area (Å²) in [4.78, 5) is 6.77. The van der Waals surface area contributed by atoms with Crippen molar-refractivity contribution in [1.82, 2.24) is 14.9 Å². The number of hydrogen-bond donors (Lipinski definition) is 2. The van der Waals surface area contributed by atoms with Crippen molar-refractivity contribution in [2.45, 2.75) is 12.1 Å². The highest BCUT2D eigenvalue weighted by atomic mass is 32.1. The molecule has 5 aromatic rings. The minimum Gasteiger partial charge on any atom is -0.508 e. The van der Waals surface area contributed by atoms with Gasteiger partial charge in [0, 0.05) is 29.5 Å². The van der Waals surface area contributed by atoms with Gasteiger partial charge >= 0.3 is 0 Å². The SMILES string of the molecule is COc1ccc(Oc2ccc(N3C(=S)N[C@H](c4ccccn4)[C@@H]3c3cccn3-c3ccc(O)cc3)cc2)cc1. The van der Waals surface area contributed by atoms with Gasteiger partial charge in [0.15, 0.2) is 5.11 Å². The van der Waals surface area contributed by atoms with E-state index in [1.807, 2.05) is 91.1 Å². The molecule has 3 heterocycles. The van der Waals surface area contributed by atoms with Crippen LogP contribution in [0.3, 0.4) is 0 Å². The first-order valence-electron chi connectivity index (χ1n) is 12.5. The Hall–Kier alpha value is -4.82. The maximum absolute atomic E-state index is 9.82. The zero-order valence-electron chi connectivity index (χ0n) is 21.1. The number of aromatic nitrogens is 2. The molecule has 0 unspecified atom stereocenters. The number of nitrogens with zero attached hydrogens (tertiary/aromatic N) is 3. The minimum atomic E-state index is -0.190. The number of aromatic hydroxyl groups is 1. The molecular weight excluding hydrogens is 508 g/mol. The van der Waals surface area contributed by atoms with Crippen molar-refractivity contribution in [3.8, 4) is 28.7 Å². The summed E-state index contributed by atoms with van der Waals surface area (Å²) in [6, 6.07) is 32.2. The quantitative estimate of drug-likeness (QED) is 0.229. The summed E-state index contributed by atoms with van der Waals surface area (Å²) < 4.78 is 13.4. The standard InChI is InChI=1S/C31H26N4O3S/c1-37-24-15-17-26(18-16-24)38-25-13-9-22(10-14-25)35-30(29(33-31(35)39)27-5-2-3-19-32-27)28-6-4-20-34(28)21-7-11-23(36)12-8-21/h2-20,29-30,36H,1H3,(H,33,39)/t29-,30+/m1/s1. The van der Waals surface area contributed by atoms with Crippen LogP contribution in [-0.4, -0.2) is 26.9 Å². The summed E-state index contributed by atoms with van der Waals surface area (Å²) in [5.74, 6) is 2.44. The van der Waals surface area contributed by atoms with Crippen molar-refractivity contribution in [1.29, 1.82) is 0 Å². The number of rotatable bonds is 7. The predicted molar refractivity (Wildman–Crippen MR) is 155 cm³/mol. The molecule has 0 spiro atoms. The summed E-state index contributed by atoms with van der Waals surface area (Å²) in [6.45, 7) is 0. The Morgan fingerprint density at radius 3 is 2.13 bits per heavy atom. The van der Waals surface area contributed by atoms with E-state index in [0.717, 1.165) is 34.3 Å². The fraction of sp³-hybridized carbons (Fsp3) is 0.0968. The van der Waals surface area contributed by atoms with Gasteiger partial charge in [-0.3, -0.25) is 4.98 Å². The van der Waals surface area contributed by atoms with Crippen LogP contribution in [0.5, 0.6) is 23.0 Å². The molecule has 0 radical (unpaired) electrons. The van der Waals surface area contributed by atoms with Gasteiger partial charge < -0.3 is 29.4 Å². The topological polar surface area (TPSA) is 71.8 Å². The molecule has 39 heavy (non-hydrogen) atoms. The summed E-state index contributed by atoms with van der Waals surface area (Å²) in [6.07, 6.45) is 3.81. The first-order chi connectivity index (χ1) is 19.1. The first-order valence-corrected chi connectivity index (χ1v) is 12.9.